The summed E-state index contributed by atoms with van der Waals surface area (Å²) in [5.41, 5.74) is 10.5. The molecule has 0 aromatic carbocycles. The molecule has 0 bridgehead atoms. The van der Waals surface area contributed by atoms with E-state index in [2.05, 4.69) is 10.6 Å². The molecule has 10 N–H and O–H groups in total. The molecule has 204 valence electrons. The van der Waals surface area contributed by atoms with E-state index in [4.69, 9.17) is 26.4 Å². The lowest BCUT2D eigenvalue weighted by atomic mass is 10.1. The molecule has 0 aromatic rings. The fraction of sp³-hybridized carbons (Fsp3) is 0.632. The Labute approximate surface area is 209 Å². The van der Waals surface area contributed by atoms with Crippen molar-refractivity contribution in [2.75, 3.05) is 18.1 Å². The third kappa shape index (κ3) is 13.4. The van der Waals surface area contributed by atoms with E-state index in [9.17, 15) is 38.7 Å². The van der Waals surface area contributed by atoms with Gasteiger partial charge in [0.25, 0.3) is 5.91 Å². The lowest BCUT2D eigenvalue weighted by molar-refractivity contribution is -0.158. The second kappa shape index (κ2) is 16.3. The molecule has 0 spiro atoms. The molecule has 0 heterocycles. The molecule has 5 atom stereocenters. The van der Waals surface area contributed by atoms with E-state index in [1.54, 1.807) is 0 Å². The number of carbonyl (C=O) groups is 7. The van der Waals surface area contributed by atoms with Gasteiger partial charge in [0.15, 0.2) is 6.10 Å². The highest BCUT2D eigenvalue weighted by Gasteiger charge is 2.31. The summed E-state index contributed by atoms with van der Waals surface area (Å²) in [7, 11) is 0. The number of aliphatic hydroxyl groups is 1. The highest BCUT2D eigenvalue weighted by Crippen LogP contribution is 2.11. The number of nitrogens with two attached hydrogens (primary N) is 2. The number of rotatable bonds is 17. The van der Waals surface area contributed by atoms with Crippen molar-refractivity contribution in [3.63, 3.8) is 0 Å². The standard InChI is InChI=1S/C19H31N5O11S/c1-8(23-16(30)9(2)25)15(29)24-11(3-4-13(21)26)19(34)35-12(17(31)22-5-14(27)28)7-36-6-10(20)18(32)33/h8-12,25H,3-7,20H2,1-2H3,(H2,21,26)(H,22,31)(H,23,30)(H,24,29)(H,27,28)(H,32,33)/t8-,9+,10-,11+,12+/m0/s1. The molecule has 0 aliphatic heterocycles. The Bertz CT molecular complexity index is 839. The average molecular weight is 538 g/mol. The number of hydrogen-bond donors (Lipinski definition) is 8. The van der Waals surface area contributed by atoms with Gasteiger partial charge in [-0.15, -0.1) is 0 Å². The van der Waals surface area contributed by atoms with Crippen LogP contribution < -0.4 is 27.4 Å². The van der Waals surface area contributed by atoms with Crippen molar-refractivity contribution in [1.29, 1.82) is 0 Å². The van der Waals surface area contributed by atoms with Gasteiger partial charge in [-0.05, 0) is 20.3 Å². The quantitative estimate of drug-likeness (QED) is 0.0819. The zero-order valence-electron chi connectivity index (χ0n) is 19.6. The number of aliphatic hydroxyl groups excluding tert-OH is 1. The van der Waals surface area contributed by atoms with E-state index >= 15 is 0 Å². The predicted octanol–water partition coefficient (Wildman–Crippen LogP) is -4.12. The first-order valence-corrected chi connectivity index (χ1v) is 11.6. The number of ether oxygens (including phenoxy) is 1. The number of thioether (sulfide) groups is 1. The Kier molecular flexibility index (Phi) is 14.7. The largest absolute Gasteiger partial charge is 0.480 e. The molecule has 0 fully saturated rings. The Morgan fingerprint density at radius 1 is 0.944 bits per heavy atom. The van der Waals surface area contributed by atoms with E-state index in [1.807, 2.05) is 5.32 Å². The molecule has 17 heteroatoms. The average Bonchev–Trinajstić information content (AvgIpc) is 2.78. The minimum atomic E-state index is -1.61. The summed E-state index contributed by atoms with van der Waals surface area (Å²) in [6.07, 6.45) is -3.72. The molecular weight excluding hydrogens is 506 g/mol. The van der Waals surface area contributed by atoms with Crippen molar-refractivity contribution in [1.82, 2.24) is 16.0 Å². The maximum absolute atomic E-state index is 12.8. The number of carbonyl (C=O) groups excluding carboxylic acids is 5. The number of amides is 4. The Morgan fingerprint density at radius 2 is 1.56 bits per heavy atom. The van der Waals surface area contributed by atoms with Gasteiger partial charge in [-0.3, -0.25) is 28.8 Å². The smallest absolute Gasteiger partial charge is 0.329 e. The van der Waals surface area contributed by atoms with Crippen LogP contribution in [-0.4, -0.2) is 105 Å². The van der Waals surface area contributed by atoms with Gasteiger partial charge in [0, 0.05) is 17.9 Å². The molecule has 0 saturated carbocycles. The van der Waals surface area contributed by atoms with Crippen LogP contribution in [0.2, 0.25) is 0 Å². The Balaban J connectivity index is 5.50. The molecule has 0 aliphatic carbocycles. The van der Waals surface area contributed by atoms with Crippen molar-refractivity contribution >= 4 is 53.3 Å². The fourth-order valence-electron chi connectivity index (χ4n) is 2.27. The SMILES string of the molecule is C[C@H](NC(=O)[C@@H](C)O)C(=O)N[C@H](CCC(N)=O)C(=O)O[C@H](CSC[C@H](N)C(=O)O)C(=O)NCC(=O)O. The summed E-state index contributed by atoms with van der Waals surface area (Å²) in [5.74, 6) is -7.92. The predicted molar refractivity (Wildman–Crippen MR) is 123 cm³/mol. The summed E-state index contributed by atoms with van der Waals surface area (Å²) < 4.78 is 5.13. The van der Waals surface area contributed by atoms with Crippen LogP contribution in [0, 0.1) is 0 Å². The highest BCUT2D eigenvalue weighted by molar-refractivity contribution is 7.99. The third-order valence-electron chi connectivity index (χ3n) is 4.26. The van der Waals surface area contributed by atoms with Crippen LogP contribution in [-0.2, 0) is 38.3 Å². The van der Waals surface area contributed by atoms with Crippen molar-refractivity contribution in [2.45, 2.75) is 57.0 Å². The van der Waals surface area contributed by atoms with E-state index in [-0.39, 0.29) is 24.3 Å². The number of carboxylic acid groups (broad SMARTS) is 2. The van der Waals surface area contributed by atoms with Crippen LogP contribution in [0.5, 0.6) is 0 Å². The van der Waals surface area contributed by atoms with Crippen molar-refractivity contribution in [2.24, 2.45) is 11.5 Å². The van der Waals surface area contributed by atoms with Crippen molar-refractivity contribution in [3.8, 4) is 0 Å². The second-order valence-electron chi connectivity index (χ2n) is 7.49. The number of esters is 1. The second-order valence-corrected chi connectivity index (χ2v) is 8.57. The third-order valence-corrected chi connectivity index (χ3v) is 5.39. The lowest BCUT2D eigenvalue weighted by Gasteiger charge is -2.23. The summed E-state index contributed by atoms with van der Waals surface area (Å²) in [6.45, 7) is 1.63. The van der Waals surface area contributed by atoms with Gasteiger partial charge in [-0.2, -0.15) is 11.8 Å². The van der Waals surface area contributed by atoms with Gasteiger partial charge >= 0.3 is 17.9 Å². The topological polar surface area (TPSA) is 278 Å². The molecule has 36 heavy (non-hydrogen) atoms. The van der Waals surface area contributed by atoms with E-state index in [1.165, 1.54) is 13.8 Å². The summed E-state index contributed by atoms with van der Waals surface area (Å²) in [5, 5.41) is 33.3. The first-order chi connectivity index (χ1) is 16.6. The Hall–Kier alpha value is -3.44. The van der Waals surface area contributed by atoms with Crippen molar-refractivity contribution in [3.05, 3.63) is 0 Å². The number of hydrogen-bond acceptors (Lipinski definition) is 11. The van der Waals surface area contributed by atoms with Crippen LogP contribution in [0.3, 0.4) is 0 Å². The zero-order valence-corrected chi connectivity index (χ0v) is 20.4. The first kappa shape index (κ1) is 32.6. The number of primary amides is 1. The van der Waals surface area contributed by atoms with Crippen LogP contribution in [0.15, 0.2) is 0 Å². The van der Waals surface area contributed by atoms with E-state index in [0.717, 1.165) is 11.8 Å². The first-order valence-electron chi connectivity index (χ1n) is 10.5. The molecule has 16 nitrogen and oxygen atoms in total. The van der Waals surface area contributed by atoms with Crippen LogP contribution >= 0.6 is 11.8 Å². The molecular formula is C19H31N5O11S. The zero-order chi connectivity index (χ0) is 28.0. The molecule has 0 aromatic heterocycles. The minimum absolute atomic E-state index is 0.169. The Morgan fingerprint density at radius 3 is 2.06 bits per heavy atom. The number of nitrogens with one attached hydrogen (secondary N) is 3. The van der Waals surface area contributed by atoms with Crippen LogP contribution in [0.1, 0.15) is 26.7 Å². The molecule has 0 unspecified atom stereocenters. The number of carboxylic acids is 2. The van der Waals surface area contributed by atoms with Gasteiger partial charge in [0.05, 0.1) is 0 Å². The molecule has 0 radical (unpaired) electrons. The van der Waals surface area contributed by atoms with Gasteiger partial charge in [0.2, 0.25) is 17.7 Å². The summed E-state index contributed by atoms with van der Waals surface area (Å²) >= 11 is 0.837. The maximum atomic E-state index is 12.8. The van der Waals surface area contributed by atoms with E-state index < -0.39 is 78.4 Å². The van der Waals surface area contributed by atoms with Gasteiger partial charge in [-0.1, -0.05) is 0 Å². The van der Waals surface area contributed by atoms with E-state index in [0.29, 0.717) is 0 Å². The maximum Gasteiger partial charge on any atom is 0.329 e. The molecule has 0 rings (SSSR count). The number of aliphatic carboxylic acids is 2. The monoisotopic (exact) mass is 537 g/mol. The lowest BCUT2D eigenvalue weighted by Crippen LogP contribution is -2.53. The highest BCUT2D eigenvalue weighted by atomic mass is 32.2. The van der Waals surface area contributed by atoms with Gasteiger partial charge in [-0.25, -0.2) is 4.79 Å². The molecule has 0 saturated heterocycles. The van der Waals surface area contributed by atoms with Gasteiger partial charge in [0.1, 0.15) is 30.8 Å². The molecule has 0 aliphatic rings. The van der Waals surface area contributed by atoms with Crippen molar-refractivity contribution < 1.29 is 53.6 Å². The summed E-state index contributed by atoms with van der Waals surface area (Å²) in [4.78, 5) is 81.9. The van der Waals surface area contributed by atoms with Gasteiger partial charge < -0.3 is 47.5 Å². The fourth-order valence-corrected chi connectivity index (χ4v) is 3.23. The normalized spacial score (nSPS) is 14.8. The summed E-state index contributed by atoms with van der Waals surface area (Å²) in [6, 6.07) is -4.00. The molecule has 4 amide bonds. The van der Waals surface area contributed by atoms with Crippen LogP contribution in [0.4, 0.5) is 0 Å². The van der Waals surface area contributed by atoms with Crippen LogP contribution in [0.25, 0.3) is 0 Å². The minimum Gasteiger partial charge on any atom is -0.480 e.